The molecule has 3 heterocycles. The normalized spacial score (nSPS) is 24.5. The predicted octanol–water partition coefficient (Wildman–Crippen LogP) is 0.242. The van der Waals surface area contributed by atoms with Crippen molar-refractivity contribution in [3.63, 3.8) is 0 Å². The molecule has 0 amide bonds. The molecule has 215 valence electrons. The van der Waals surface area contributed by atoms with Gasteiger partial charge in [0.15, 0.2) is 28.8 Å². The van der Waals surface area contributed by atoms with Crippen molar-refractivity contribution >= 4 is 59.0 Å². The number of fused-ring (bicyclic) bond motifs is 1. The maximum absolute atomic E-state index is 12.2. The highest BCUT2D eigenvalue weighted by molar-refractivity contribution is 7.98. The molecule has 3 rings (SSSR count). The predicted molar refractivity (Wildman–Crippen MR) is 136 cm³/mol. The number of aliphatic hydroxyl groups excluding tert-OH is 2. The van der Waals surface area contributed by atoms with Gasteiger partial charge in [-0.1, -0.05) is 11.8 Å². The summed E-state index contributed by atoms with van der Waals surface area (Å²) in [5, 5.41) is 21.1. The number of ether oxygens (including phenoxy) is 1. The SMILES string of the molecule is N.N.N.[B-]P(=O)(OC[C@H]1O[C@@H](n2cnc3c(N)nc(SC)nc32)[C@H](O)[C@@H]1O)OP(=O)(O)CP(=O)(O)O.[NH4+]. The van der Waals surface area contributed by atoms with Crippen LogP contribution in [0.2, 0.25) is 0 Å². The summed E-state index contributed by atoms with van der Waals surface area (Å²) >= 11 is 1.21. The van der Waals surface area contributed by atoms with Crippen molar-refractivity contribution in [1.82, 2.24) is 44.1 Å². The van der Waals surface area contributed by atoms with Crippen molar-refractivity contribution in [3.8, 4) is 0 Å². The highest BCUT2D eigenvalue weighted by Gasteiger charge is 2.45. The van der Waals surface area contributed by atoms with Crippen LogP contribution in [-0.4, -0.2) is 89.1 Å². The summed E-state index contributed by atoms with van der Waals surface area (Å²) in [5.41, 5.74) is 6.28. The van der Waals surface area contributed by atoms with E-state index in [0.717, 1.165) is 0 Å². The lowest BCUT2D eigenvalue weighted by Crippen LogP contribution is -2.33. The third-order valence-corrected chi connectivity index (χ3v) is 10.1. The molecule has 25 heteroatoms. The molecule has 2 aromatic rings. The molecular weight excluding hydrogens is 582 g/mol. The van der Waals surface area contributed by atoms with Gasteiger partial charge in [0, 0.05) is 0 Å². The van der Waals surface area contributed by atoms with Crippen molar-refractivity contribution in [2.75, 3.05) is 24.5 Å². The lowest BCUT2D eigenvalue weighted by molar-refractivity contribution is -0.0478. The number of quaternary nitrogens is 1. The van der Waals surface area contributed by atoms with Gasteiger partial charge in [-0.3, -0.25) is 18.0 Å². The molecule has 37 heavy (non-hydrogen) atoms. The molecule has 1 aliphatic rings. The Morgan fingerprint density at radius 1 is 1.16 bits per heavy atom. The lowest BCUT2D eigenvalue weighted by atomic mass is 10.1. The number of nitrogens with two attached hydrogens (primary N) is 1. The van der Waals surface area contributed by atoms with Gasteiger partial charge in [-0.05, 0) is 6.26 Å². The van der Waals surface area contributed by atoms with Gasteiger partial charge in [0.1, 0.15) is 23.8 Å². The lowest BCUT2D eigenvalue weighted by Gasteiger charge is -2.30. The van der Waals surface area contributed by atoms with Crippen LogP contribution in [0.25, 0.3) is 11.2 Å². The Morgan fingerprint density at radius 2 is 1.76 bits per heavy atom. The van der Waals surface area contributed by atoms with Gasteiger partial charge in [-0.15, -0.1) is 0 Å². The van der Waals surface area contributed by atoms with Gasteiger partial charge in [-0.25, -0.2) is 15.0 Å². The van der Waals surface area contributed by atoms with Gasteiger partial charge in [0.25, 0.3) is 0 Å². The molecule has 2 unspecified atom stereocenters. The number of aromatic nitrogens is 4. The fourth-order valence-corrected chi connectivity index (χ4v) is 7.80. The van der Waals surface area contributed by atoms with Crippen LogP contribution >= 0.6 is 34.4 Å². The van der Waals surface area contributed by atoms with E-state index >= 15 is 0 Å². The fraction of sp³-hybridized carbons (Fsp3) is 0.583. The first kappa shape index (κ1) is 38.1. The van der Waals surface area contributed by atoms with Crippen LogP contribution in [0.4, 0.5) is 5.82 Å². The Hall–Kier alpha value is -1.03. The Balaban J connectivity index is 0. The molecule has 1 fully saturated rings. The number of nitrogen functional groups attached to an aromatic ring is 1. The van der Waals surface area contributed by atoms with Gasteiger partial charge in [0.2, 0.25) is 0 Å². The van der Waals surface area contributed by atoms with Crippen LogP contribution in [0.5, 0.6) is 0 Å². The van der Waals surface area contributed by atoms with Gasteiger partial charge < -0.3 is 76.6 Å². The van der Waals surface area contributed by atoms with E-state index in [1.807, 2.05) is 0 Å². The topological polar surface area (TPSA) is 391 Å². The monoisotopic (exact) mass is 614 g/mol. The van der Waals surface area contributed by atoms with Crippen LogP contribution in [-0.2, 0) is 27.3 Å². The number of hydrogen-bond acceptors (Lipinski definition) is 16. The van der Waals surface area contributed by atoms with E-state index in [1.165, 1.54) is 22.7 Å². The number of rotatable bonds is 9. The zero-order valence-corrected chi connectivity index (χ0v) is 23.3. The minimum atomic E-state index is -5.09. The van der Waals surface area contributed by atoms with E-state index in [0.29, 0.717) is 5.16 Å². The highest BCUT2D eigenvalue weighted by Crippen LogP contribution is 2.64. The molecule has 0 bridgehead atoms. The van der Waals surface area contributed by atoms with Crippen molar-refractivity contribution in [1.29, 1.82) is 0 Å². The molecule has 20 N–H and O–H groups in total. The number of thioether (sulfide) groups is 1. The average Bonchev–Trinajstić information content (AvgIpc) is 3.19. The molecule has 0 spiro atoms. The average molecular weight is 614 g/mol. The summed E-state index contributed by atoms with van der Waals surface area (Å²) in [6.07, 6.45) is -2.74. The zero-order chi connectivity index (χ0) is 24.8. The number of imidazole rings is 1. The molecule has 0 aromatic carbocycles. The van der Waals surface area contributed by atoms with Crippen molar-refractivity contribution in [2.45, 2.75) is 29.7 Å². The third-order valence-electron chi connectivity index (χ3n) is 4.24. The summed E-state index contributed by atoms with van der Waals surface area (Å²) in [7, 11) is -9.69. The van der Waals surface area contributed by atoms with Gasteiger partial charge >= 0.3 is 15.2 Å². The first-order valence-corrected chi connectivity index (χ1v) is 15.2. The number of nitrogens with zero attached hydrogens (tertiary/aromatic N) is 4. The Labute approximate surface area is 216 Å². The fourth-order valence-electron chi connectivity index (χ4n) is 2.93. The molecule has 6 atom stereocenters. The van der Waals surface area contributed by atoms with Crippen LogP contribution in [0.15, 0.2) is 11.5 Å². The Bertz CT molecular complexity index is 1190. The minimum Gasteiger partial charge on any atom is -0.443 e. The van der Waals surface area contributed by atoms with Crippen molar-refractivity contribution < 1.29 is 52.2 Å². The standard InChI is InChI=1S/C12H19BN5O11P3S.4H3N/c1-33-12-16-9(14)6-10(17-12)18(3-15-6)11-8(20)7(19)5(28-11)2-27-32(13,26)29-31(24,25)4-30(21,22)23;;;;/h3,5,7-8,11,19-20H,2,4H2,1H3,(H,24,25)(H2,14,16,17)(H2,21,22,23);4*1H3/q-1;;;;/p+1/t5-,7-,8-,11-,32?;;;;/m1..../s1. The molecule has 1 saturated heterocycles. The Kier molecular flexibility index (Phi) is 14.3. The summed E-state index contributed by atoms with van der Waals surface area (Å²) in [6.45, 7) is -0.780. The summed E-state index contributed by atoms with van der Waals surface area (Å²) in [5.74, 6) is -1.55. The van der Waals surface area contributed by atoms with Crippen LogP contribution in [0, 0.1) is 0 Å². The van der Waals surface area contributed by atoms with Gasteiger partial charge in [-0.2, -0.15) is 0 Å². The molecule has 3 radical (unpaired) electrons. The van der Waals surface area contributed by atoms with Crippen molar-refractivity contribution in [2.24, 2.45) is 0 Å². The zero-order valence-electron chi connectivity index (χ0n) is 19.8. The van der Waals surface area contributed by atoms with E-state index in [-0.39, 0.29) is 41.6 Å². The maximum Gasteiger partial charge on any atom is 0.344 e. The van der Waals surface area contributed by atoms with Crippen LogP contribution < -0.4 is 30.3 Å². The molecule has 1 aliphatic heterocycles. The maximum atomic E-state index is 12.2. The molecular formula is C12H32BN9O11P3S. The first-order chi connectivity index (χ1) is 15.1. The van der Waals surface area contributed by atoms with Crippen LogP contribution in [0.3, 0.4) is 0 Å². The molecule has 20 nitrogen and oxygen atoms in total. The second-order valence-electron chi connectivity index (χ2n) is 6.83. The van der Waals surface area contributed by atoms with Gasteiger partial charge in [0.05, 0.1) is 20.4 Å². The molecule has 2 aromatic heterocycles. The first-order valence-electron chi connectivity index (χ1n) is 8.79. The molecule has 0 aliphatic carbocycles. The van der Waals surface area contributed by atoms with E-state index in [4.69, 9.17) is 32.3 Å². The summed E-state index contributed by atoms with van der Waals surface area (Å²) in [4.78, 5) is 39.4. The molecule has 0 saturated carbocycles. The third kappa shape index (κ3) is 9.29. The Morgan fingerprint density at radius 3 is 2.30 bits per heavy atom. The van der Waals surface area contributed by atoms with E-state index in [1.54, 1.807) is 6.26 Å². The highest BCUT2D eigenvalue weighted by atomic mass is 32.2. The second kappa shape index (κ2) is 13.9. The second-order valence-corrected chi connectivity index (χ2v) is 13.3. The van der Waals surface area contributed by atoms with Crippen LogP contribution in [0.1, 0.15) is 6.23 Å². The van der Waals surface area contributed by atoms with Crippen molar-refractivity contribution in [3.05, 3.63) is 6.33 Å². The summed E-state index contributed by atoms with van der Waals surface area (Å²) in [6, 6.07) is 0. The van der Waals surface area contributed by atoms with E-state index in [2.05, 4.69) is 19.3 Å². The number of anilines is 1. The van der Waals surface area contributed by atoms with E-state index < -0.39 is 59.7 Å². The summed E-state index contributed by atoms with van der Waals surface area (Å²) < 4.78 is 50.6. The van der Waals surface area contributed by atoms with E-state index in [9.17, 15) is 28.8 Å². The number of aliphatic hydroxyl groups is 2. The number of hydrogen-bond donors (Lipinski definition) is 10. The quantitative estimate of drug-likeness (QED) is 0.0782. The largest absolute Gasteiger partial charge is 0.443 e. The minimum absolute atomic E-state index is 0. The smallest absolute Gasteiger partial charge is 0.344 e.